The molecular formula is C21H26N2O6S. The molecule has 0 aromatic heterocycles. The molecule has 0 spiro atoms. The van der Waals surface area contributed by atoms with E-state index in [1.54, 1.807) is 37.3 Å². The molecule has 1 N–H and O–H groups in total. The molecule has 2 aromatic rings. The zero-order chi connectivity index (χ0) is 21.9. The highest BCUT2D eigenvalue weighted by atomic mass is 32.2. The highest BCUT2D eigenvalue weighted by Gasteiger charge is 2.40. The summed E-state index contributed by atoms with van der Waals surface area (Å²) in [5.74, 6) is 1.07. The molecule has 0 aliphatic carbocycles. The Balaban J connectivity index is 1.85. The number of hydrogen-bond acceptors (Lipinski definition) is 6. The Morgan fingerprint density at radius 1 is 1.03 bits per heavy atom. The van der Waals surface area contributed by atoms with Gasteiger partial charge in [0, 0.05) is 24.4 Å². The number of anilines is 1. The summed E-state index contributed by atoms with van der Waals surface area (Å²) >= 11 is 0. The molecule has 162 valence electrons. The Bertz CT molecular complexity index is 1040. The van der Waals surface area contributed by atoms with Crippen LogP contribution in [0.25, 0.3) is 0 Å². The van der Waals surface area contributed by atoms with Crippen molar-refractivity contribution in [3.63, 3.8) is 0 Å². The van der Waals surface area contributed by atoms with E-state index in [4.69, 9.17) is 14.2 Å². The van der Waals surface area contributed by atoms with E-state index >= 15 is 0 Å². The minimum Gasteiger partial charge on any atom is -0.497 e. The van der Waals surface area contributed by atoms with Crippen LogP contribution in [0.5, 0.6) is 17.2 Å². The van der Waals surface area contributed by atoms with Crippen LogP contribution in [0.2, 0.25) is 0 Å². The fourth-order valence-electron chi connectivity index (χ4n) is 3.54. The number of nitrogens with one attached hydrogen (secondary N) is 1. The molecular weight excluding hydrogens is 408 g/mol. The summed E-state index contributed by atoms with van der Waals surface area (Å²) in [6, 6.07) is 9.09. The molecule has 1 fully saturated rings. The molecule has 1 amide bonds. The summed E-state index contributed by atoms with van der Waals surface area (Å²) in [6.07, 6.45) is 1.05. The molecule has 0 unspecified atom stereocenters. The van der Waals surface area contributed by atoms with Crippen molar-refractivity contribution in [2.45, 2.75) is 30.7 Å². The number of methoxy groups -OCH3 is 3. The van der Waals surface area contributed by atoms with E-state index < -0.39 is 16.1 Å². The van der Waals surface area contributed by atoms with Crippen LogP contribution in [-0.2, 0) is 14.8 Å². The van der Waals surface area contributed by atoms with E-state index in [1.165, 1.54) is 31.7 Å². The molecule has 1 aliphatic rings. The minimum atomic E-state index is -3.86. The van der Waals surface area contributed by atoms with Gasteiger partial charge in [-0.15, -0.1) is 0 Å². The van der Waals surface area contributed by atoms with Crippen LogP contribution >= 0.6 is 0 Å². The van der Waals surface area contributed by atoms with Gasteiger partial charge < -0.3 is 19.5 Å². The molecule has 2 aromatic carbocycles. The first-order valence-electron chi connectivity index (χ1n) is 9.51. The second-order valence-corrected chi connectivity index (χ2v) is 8.82. The lowest BCUT2D eigenvalue weighted by Crippen LogP contribution is -2.43. The van der Waals surface area contributed by atoms with Crippen molar-refractivity contribution in [1.82, 2.24) is 4.31 Å². The Hall–Kier alpha value is -2.78. The maximum atomic E-state index is 13.3. The Labute approximate surface area is 176 Å². The van der Waals surface area contributed by atoms with Gasteiger partial charge in [-0.2, -0.15) is 4.31 Å². The lowest BCUT2D eigenvalue weighted by Gasteiger charge is -2.24. The number of carbonyl (C=O) groups is 1. The molecule has 30 heavy (non-hydrogen) atoms. The molecule has 1 saturated heterocycles. The third kappa shape index (κ3) is 4.22. The molecule has 0 saturated carbocycles. The van der Waals surface area contributed by atoms with Gasteiger partial charge in [0.15, 0.2) is 11.5 Å². The van der Waals surface area contributed by atoms with Crippen LogP contribution in [0.15, 0.2) is 41.3 Å². The van der Waals surface area contributed by atoms with Gasteiger partial charge in [0.25, 0.3) is 0 Å². The van der Waals surface area contributed by atoms with Gasteiger partial charge in [0.05, 0.1) is 26.2 Å². The third-order valence-corrected chi connectivity index (χ3v) is 7.19. The summed E-state index contributed by atoms with van der Waals surface area (Å²) < 4.78 is 43.6. The predicted molar refractivity (Wildman–Crippen MR) is 113 cm³/mol. The Kier molecular flexibility index (Phi) is 6.52. The fraction of sp³-hybridized carbons (Fsp3) is 0.381. The van der Waals surface area contributed by atoms with Crippen molar-refractivity contribution < 1.29 is 27.4 Å². The van der Waals surface area contributed by atoms with E-state index in [9.17, 15) is 13.2 Å². The first-order valence-corrected chi connectivity index (χ1v) is 10.9. The van der Waals surface area contributed by atoms with E-state index in [-0.39, 0.29) is 17.3 Å². The van der Waals surface area contributed by atoms with Crippen molar-refractivity contribution in [2.75, 3.05) is 33.2 Å². The normalized spacial score (nSPS) is 16.9. The van der Waals surface area contributed by atoms with Crippen LogP contribution in [-0.4, -0.2) is 52.5 Å². The van der Waals surface area contributed by atoms with Crippen molar-refractivity contribution in [3.05, 3.63) is 42.0 Å². The molecule has 8 nitrogen and oxygen atoms in total. The number of carbonyl (C=O) groups excluding carboxylic acids is 1. The number of ether oxygens (including phenoxy) is 3. The van der Waals surface area contributed by atoms with E-state index in [1.807, 2.05) is 0 Å². The summed E-state index contributed by atoms with van der Waals surface area (Å²) in [5.41, 5.74) is 1.10. The van der Waals surface area contributed by atoms with Crippen molar-refractivity contribution in [1.29, 1.82) is 0 Å². The van der Waals surface area contributed by atoms with Gasteiger partial charge in [-0.1, -0.05) is 6.07 Å². The largest absolute Gasteiger partial charge is 0.497 e. The lowest BCUT2D eigenvalue weighted by atomic mass is 10.2. The topological polar surface area (TPSA) is 94.2 Å². The SMILES string of the molecule is COc1ccc(C)c(S(=O)(=O)N2CCC[C@H]2C(=O)Nc2ccc(OC)c(OC)c2)c1. The summed E-state index contributed by atoms with van der Waals surface area (Å²) in [7, 11) is 0.649. The van der Waals surface area contributed by atoms with Gasteiger partial charge in [-0.05, 0) is 43.5 Å². The van der Waals surface area contributed by atoms with Crippen LogP contribution in [0.1, 0.15) is 18.4 Å². The maximum Gasteiger partial charge on any atom is 0.244 e. The number of aryl methyl sites for hydroxylation is 1. The average molecular weight is 435 g/mol. The molecule has 1 heterocycles. The second kappa shape index (κ2) is 8.93. The number of benzene rings is 2. The zero-order valence-electron chi connectivity index (χ0n) is 17.5. The standard InChI is InChI=1S/C21H26N2O6S/c1-14-7-9-16(27-2)13-20(14)30(25,26)23-11-5-6-17(23)21(24)22-15-8-10-18(28-3)19(12-15)29-4/h7-10,12-13,17H,5-6,11H2,1-4H3,(H,22,24)/t17-/m0/s1. The number of hydrogen-bond donors (Lipinski definition) is 1. The van der Waals surface area contributed by atoms with Crippen molar-refractivity contribution in [3.8, 4) is 17.2 Å². The molecule has 0 radical (unpaired) electrons. The summed E-state index contributed by atoms with van der Waals surface area (Å²) in [4.78, 5) is 13.1. The lowest BCUT2D eigenvalue weighted by molar-refractivity contribution is -0.119. The van der Waals surface area contributed by atoms with Gasteiger partial charge in [-0.3, -0.25) is 4.79 Å². The predicted octanol–water partition coefficient (Wildman–Crippen LogP) is 2.81. The van der Waals surface area contributed by atoms with Gasteiger partial charge in [0.2, 0.25) is 15.9 Å². The number of rotatable bonds is 7. The highest BCUT2D eigenvalue weighted by molar-refractivity contribution is 7.89. The Morgan fingerprint density at radius 2 is 1.77 bits per heavy atom. The molecule has 3 rings (SSSR count). The van der Waals surface area contributed by atoms with Gasteiger partial charge in [-0.25, -0.2) is 8.42 Å². The van der Waals surface area contributed by atoms with Crippen LogP contribution < -0.4 is 19.5 Å². The summed E-state index contributed by atoms with van der Waals surface area (Å²) in [6.45, 7) is 2.00. The van der Waals surface area contributed by atoms with E-state index in [0.29, 0.717) is 41.3 Å². The average Bonchev–Trinajstić information content (AvgIpc) is 3.25. The van der Waals surface area contributed by atoms with Gasteiger partial charge >= 0.3 is 0 Å². The van der Waals surface area contributed by atoms with E-state index in [2.05, 4.69) is 5.32 Å². The third-order valence-electron chi connectivity index (χ3n) is 5.14. The number of amides is 1. The number of sulfonamides is 1. The van der Waals surface area contributed by atoms with Gasteiger partial charge in [0.1, 0.15) is 11.8 Å². The zero-order valence-corrected chi connectivity index (χ0v) is 18.3. The first-order chi connectivity index (χ1) is 14.3. The van der Waals surface area contributed by atoms with Crippen molar-refractivity contribution in [2.24, 2.45) is 0 Å². The van der Waals surface area contributed by atoms with Crippen molar-refractivity contribution >= 4 is 21.6 Å². The molecule has 1 aliphatic heterocycles. The van der Waals surface area contributed by atoms with Crippen LogP contribution in [0.4, 0.5) is 5.69 Å². The Morgan fingerprint density at radius 3 is 2.43 bits per heavy atom. The van der Waals surface area contributed by atoms with Crippen LogP contribution in [0.3, 0.4) is 0 Å². The molecule has 1 atom stereocenters. The highest BCUT2D eigenvalue weighted by Crippen LogP contribution is 2.32. The fourth-order valence-corrected chi connectivity index (χ4v) is 5.44. The smallest absolute Gasteiger partial charge is 0.244 e. The summed E-state index contributed by atoms with van der Waals surface area (Å²) in [5, 5.41) is 2.80. The maximum absolute atomic E-state index is 13.3. The molecule has 0 bridgehead atoms. The van der Waals surface area contributed by atoms with E-state index in [0.717, 1.165) is 0 Å². The number of nitrogens with zero attached hydrogens (tertiary/aromatic N) is 1. The van der Waals surface area contributed by atoms with Crippen LogP contribution in [0, 0.1) is 6.92 Å². The monoisotopic (exact) mass is 434 g/mol. The minimum absolute atomic E-state index is 0.146. The quantitative estimate of drug-likeness (QED) is 0.720. The second-order valence-electron chi connectivity index (χ2n) is 6.96. The first kappa shape index (κ1) is 21.9. The molecule has 9 heteroatoms.